The van der Waals surface area contributed by atoms with Crippen LogP contribution in [0.5, 0.6) is 5.75 Å². The zero-order valence-corrected chi connectivity index (χ0v) is 25.4. The van der Waals surface area contributed by atoms with Crippen molar-refractivity contribution in [2.75, 3.05) is 6.54 Å². The van der Waals surface area contributed by atoms with Crippen LogP contribution in [0.2, 0.25) is 0 Å². The molecule has 1 atom stereocenters. The number of hydrogen-bond donors (Lipinski definition) is 2. The third-order valence-electron chi connectivity index (χ3n) is 6.24. The summed E-state index contributed by atoms with van der Waals surface area (Å²) in [4.78, 5) is 27.8. The van der Waals surface area contributed by atoms with Crippen molar-refractivity contribution in [1.82, 2.24) is 10.3 Å². The fourth-order valence-electron chi connectivity index (χ4n) is 4.06. The number of alkyl halides is 3. The van der Waals surface area contributed by atoms with Crippen LogP contribution < -0.4 is 10.1 Å². The predicted molar refractivity (Wildman–Crippen MR) is 172 cm³/mol. The molecule has 0 aliphatic rings. The molecule has 2 aromatic carbocycles. The molecule has 234 valence electrons. The smallest absolute Gasteiger partial charge is 0.481 e. The fourth-order valence-corrected chi connectivity index (χ4v) is 4.97. The van der Waals surface area contributed by atoms with Crippen LogP contribution in [0.25, 0.3) is 6.08 Å². The highest BCUT2D eigenvalue weighted by Crippen LogP contribution is 2.33. The monoisotopic (exact) mass is 634 g/mol. The molecule has 3 rings (SSSR count). The van der Waals surface area contributed by atoms with E-state index in [1.54, 1.807) is 42.5 Å². The summed E-state index contributed by atoms with van der Waals surface area (Å²) in [5, 5.41) is 14.0. The molecule has 0 fully saturated rings. The lowest BCUT2D eigenvalue weighted by Gasteiger charge is -2.17. The van der Waals surface area contributed by atoms with Gasteiger partial charge < -0.3 is 15.2 Å². The number of thiazole rings is 1. The average Bonchev–Trinajstić information content (AvgIpc) is 3.47. The summed E-state index contributed by atoms with van der Waals surface area (Å²) < 4.78 is 42.2. The quantitative estimate of drug-likeness (QED) is 0.164. The number of benzene rings is 2. The third kappa shape index (κ3) is 12.3. The Labute approximate surface area is 264 Å². The molecule has 0 radical (unpaired) electrons. The molecule has 0 spiro atoms. The number of nitrogens with zero attached hydrogens (tertiary/aromatic N) is 1. The summed E-state index contributed by atoms with van der Waals surface area (Å²) in [5.41, 5.74) is 3.63. The number of allylic oxidation sites excluding steroid dienone is 10. The van der Waals surface area contributed by atoms with Crippen molar-refractivity contribution in [2.24, 2.45) is 0 Å². The van der Waals surface area contributed by atoms with Gasteiger partial charge in [-0.1, -0.05) is 85.5 Å². The SMILES string of the molecule is C=CC(/C=C/C=C\C=C/C)=C\C=C\c1csc(C(Cc2ccc(C(=O)NCCC(=O)O)cc2)c2ccc(OC(F)(F)F)cc2)n1. The number of nitrogens with one attached hydrogen (secondary N) is 1. The van der Waals surface area contributed by atoms with Crippen molar-refractivity contribution in [1.29, 1.82) is 0 Å². The minimum Gasteiger partial charge on any atom is -0.481 e. The van der Waals surface area contributed by atoms with Crippen molar-refractivity contribution in [2.45, 2.75) is 32.0 Å². The molecular weight excluding hydrogens is 601 g/mol. The second-order valence-corrected chi connectivity index (χ2v) is 10.5. The Morgan fingerprint density at radius 1 is 1.04 bits per heavy atom. The third-order valence-corrected chi connectivity index (χ3v) is 7.22. The van der Waals surface area contributed by atoms with Gasteiger partial charge in [0.2, 0.25) is 0 Å². The van der Waals surface area contributed by atoms with E-state index in [-0.39, 0.29) is 30.5 Å². The van der Waals surface area contributed by atoms with E-state index in [9.17, 15) is 22.8 Å². The molecule has 0 aliphatic carbocycles. The summed E-state index contributed by atoms with van der Waals surface area (Å²) in [5.74, 6) is -2.00. The fraction of sp³-hybridized carbons (Fsp3) is 0.171. The van der Waals surface area contributed by atoms with Crippen LogP contribution in [0.4, 0.5) is 13.2 Å². The summed E-state index contributed by atoms with van der Waals surface area (Å²) in [7, 11) is 0. The average molecular weight is 635 g/mol. The Morgan fingerprint density at radius 3 is 2.40 bits per heavy atom. The van der Waals surface area contributed by atoms with Crippen LogP contribution in [-0.2, 0) is 11.2 Å². The van der Waals surface area contributed by atoms with E-state index >= 15 is 0 Å². The molecular formula is C35H33F3N2O4S. The minimum absolute atomic E-state index is 0.0163. The molecule has 3 aromatic rings. The number of carboxylic acids is 1. The van der Waals surface area contributed by atoms with Gasteiger partial charge in [-0.05, 0) is 60.4 Å². The number of hydrogen-bond acceptors (Lipinski definition) is 5. The van der Waals surface area contributed by atoms with Crippen molar-refractivity contribution in [3.63, 3.8) is 0 Å². The topological polar surface area (TPSA) is 88.5 Å². The van der Waals surface area contributed by atoms with Crippen LogP contribution in [0, 0.1) is 0 Å². The second kappa shape index (κ2) is 17.4. The summed E-state index contributed by atoms with van der Waals surface area (Å²) in [6.45, 7) is 5.80. The van der Waals surface area contributed by atoms with E-state index < -0.39 is 12.3 Å². The number of carbonyl (C=O) groups is 2. The maximum atomic E-state index is 12.7. The molecule has 10 heteroatoms. The molecule has 1 amide bonds. The first kappa shape index (κ1) is 34.5. The zero-order chi connectivity index (χ0) is 32.7. The molecule has 1 heterocycles. The lowest BCUT2D eigenvalue weighted by molar-refractivity contribution is -0.274. The number of carboxylic acid groups (broad SMARTS) is 1. The standard InChI is InChI=1S/C35H33F3N2O4S/c1-3-5-6-7-8-10-25(4-2)11-9-12-29-24-45-34(40-29)31(27-17-19-30(20-18-27)44-35(36,37)38)23-26-13-15-28(16-14-26)33(43)39-22-21-32(41)42/h3-20,24,31H,2,21-23H2,1H3,(H,39,43)(H,41,42)/b5-3-,7-6-,10-8+,12-9+,25-11+. The van der Waals surface area contributed by atoms with E-state index in [1.807, 2.05) is 67.0 Å². The first-order valence-corrected chi connectivity index (χ1v) is 14.8. The van der Waals surface area contributed by atoms with E-state index in [1.165, 1.54) is 23.5 Å². The van der Waals surface area contributed by atoms with Crippen molar-refractivity contribution < 1.29 is 32.6 Å². The van der Waals surface area contributed by atoms with Crippen LogP contribution in [0.15, 0.2) is 121 Å². The minimum atomic E-state index is -4.79. The number of amides is 1. The van der Waals surface area contributed by atoms with Crippen molar-refractivity contribution in [3.05, 3.63) is 148 Å². The Hall–Kier alpha value is -4.96. The molecule has 0 saturated carbocycles. The number of aliphatic carboxylic acids is 1. The Balaban J connectivity index is 1.82. The first-order valence-electron chi connectivity index (χ1n) is 13.9. The largest absolute Gasteiger partial charge is 0.573 e. The number of ether oxygens (including phenoxy) is 1. The van der Waals surface area contributed by atoms with E-state index in [0.717, 1.165) is 27.4 Å². The van der Waals surface area contributed by atoms with Crippen LogP contribution >= 0.6 is 11.3 Å². The van der Waals surface area contributed by atoms with Gasteiger partial charge in [0.15, 0.2) is 0 Å². The van der Waals surface area contributed by atoms with Gasteiger partial charge in [-0.25, -0.2) is 4.98 Å². The van der Waals surface area contributed by atoms with Crippen LogP contribution in [0.1, 0.15) is 51.4 Å². The molecule has 0 bridgehead atoms. The Bertz CT molecular complexity index is 1580. The molecule has 0 aliphatic heterocycles. The highest BCUT2D eigenvalue weighted by atomic mass is 32.1. The summed E-state index contributed by atoms with van der Waals surface area (Å²) in [6, 6.07) is 12.6. The van der Waals surface area contributed by atoms with Gasteiger partial charge in [0.05, 0.1) is 12.1 Å². The molecule has 6 nitrogen and oxygen atoms in total. The van der Waals surface area contributed by atoms with Gasteiger partial charge >= 0.3 is 12.3 Å². The maximum Gasteiger partial charge on any atom is 0.573 e. The van der Waals surface area contributed by atoms with Crippen molar-refractivity contribution >= 4 is 29.3 Å². The highest BCUT2D eigenvalue weighted by molar-refractivity contribution is 7.09. The zero-order valence-electron chi connectivity index (χ0n) is 24.5. The lowest BCUT2D eigenvalue weighted by atomic mass is 9.92. The number of halogens is 3. The number of aromatic nitrogens is 1. The van der Waals surface area contributed by atoms with E-state index in [0.29, 0.717) is 12.0 Å². The summed E-state index contributed by atoms with van der Waals surface area (Å²) >= 11 is 1.44. The maximum absolute atomic E-state index is 12.7. The predicted octanol–water partition coefficient (Wildman–Crippen LogP) is 8.43. The molecule has 45 heavy (non-hydrogen) atoms. The number of rotatable bonds is 15. The van der Waals surface area contributed by atoms with Gasteiger partial charge in [-0.2, -0.15) is 0 Å². The van der Waals surface area contributed by atoms with Crippen LogP contribution in [0.3, 0.4) is 0 Å². The second-order valence-electron chi connectivity index (χ2n) is 9.58. The first-order chi connectivity index (χ1) is 21.6. The van der Waals surface area contributed by atoms with Gasteiger partial charge in [0.25, 0.3) is 5.91 Å². The Kier molecular flexibility index (Phi) is 13.3. The van der Waals surface area contributed by atoms with Gasteiger partial charge in [0, 0.05) is 23.4 Å². The molecule has 1 unspecified atom stereocenters. The van der Waals surface area contributed by atoms with E-state index in [4.69, 9.17) is 10.1 Å². The summed E-state index contributed by atoms with van der Waals surface area (Å²) in [6.07, 6.45) is 14.4. The normalized spacial score (nSPS) is 13.2. The lowest BCUT2D eigenvalue weighted by Crippen LogP contribution is -2.25. The molecule has 0 saturated heterocycles. The molecule has 1 aromatic heterocycles. The Morgan fingerprint density at radius 2 is 1.76 bits per heavy atom. The van der Waals surface area contributed by atoms with Gasteiger partial charge in [-0.15, -0.1) is 24.5 Å². The molecule has 2 N–H and O–H groups in total. The van der Waals surface area contributed by atoms with Gasteiger partial charge in [-0.3, -0.25) is 9.59 Å². The van der Waals surface area contributed by atoms with Crippen molar-refractivity contribution in [3.8, 4) is 5.75 Å². The van der Waals surface area contributed by atoms with Gasteiger partial charge in [0.1, 0.15) is 10.8 Å². The number of carbonyl (C=O) groups excluding carboxylic acids is 1. The van der Waals surface area contributed by atoms with E-state index in [2.05, 4.69) is 16.6 Å². The van der Waals surface area contributed by atoms with Crippen LogP contribution in [-0.4, -0.2) is 34.9 Å². The highest BCUT2D eigenvalue weighted by Gasteiger charge is 2.31.